The van der Waals surface area contributed by atoms with Gasteiger partial charge in [0.25, 0.3) is 0 Å². The normalized spacial score (nSPS) is 16.3. The van der Waals surface area contributed by atoms with E-state index in [0.717, 1.165) is 0 Å². The number of Topliss-reactive ketones (excluding diaryl/α,β-unsaturated/α-hetero) is 1. The van der Waals surface area contributed by atoms with E-state index in [9.17, 15) is 27.9 Å². The summed E-state index contributed by atoms with van der Waals surface area (Å²) in [6.45, 7) is 0. The first-order chi connectivity index (χ1) is 12.6. The van der Waals surface area contributed by atoms with Crippen LogP contribution in [0.1, 0.15) is 27.4 Å². The number of ether oxygens (including phenoxy) is 1. The van der Waals surface area contributed by atoms with Gasteiger partial charge in [-0.1, -0.05) is 17.7 Å². The van der Waals surface area contributed by atoms with Crippen LogP contribution in [0.25, 0.3) is 5.57 Å². The van der Waals surface area contributed by atoms with E-state index < -0.39 is 35.0 Å². The molecule has 0 heterocycles. The molecule has 8 heteroatoms. The lowest BCUT2D eigenvalue weighted by Gasteiger charge is -2.18. The average molecular weight is 397 g/mol. The molecule has 3 rings (SSSR count). The van der Waals surface area contributed by atoms with Crippen LogP contribution in [0.3, 0.4) is 0 Å². The monoisotopic (exact) mass is 396 g/mol. The molecule has 1 aliphatic rings. The van der Waals surface area contributed by atoms with Crippen LogP contribution in [0.4, 0.5) is 13.2 Å². The van der Waals surface area contributed by atoms with Gasteiger partial charge in [0.1, 0.15) is 5.75 Å². The molecule has 1 unspecified atom stereocenters. The van der Waals surface area contributed by atoms with Crippen molar-refractivity contribution in [2.75, 3.05) is 7.11 Å². The van der Waals surface area contributed by atoms with Crippen LogP contribution in [0.5, 0.6) is 5.75 Å². The van der Waals surface area contributed by atoms with E-state index in [-0.39, 0.29) is 22.4 Å². The highest BCUT2D eigenvalue weighted by Gasteiger charge is 2.51. The van der Waals surface area contributed by atoms with E-state index in [1.165, 1.54) is 49.6 Å². The number of fused-ring (bicyclic) bond motifs is 1. The van der Waals surface area contributed by atoms with Gasteiger partial charge >= 0.3 is 12.1 Å². The summed E-state index contributed by atoms with van der Waals surface area (Å²) in [5, 5.41) is 9.76. The third-order valence-corrected chi connectivity index (χ3v) is 4.56. The van der Waals surface area contributed by atoms with E-state index in [1.807, 2.05) is 0 Å². The van der Waals surface area contributed by atoms with Crippen molar-refractivity contribution >= 4 is 28.9 Å². The minimum atomic E-state index is -5.01. The van der Waals surface area contributed by atoms with Crippen LogP contribution in [-0.2, 0) is 4.79 Å². The maximum Gasteiger partial charge on any atom is 0.414 e. The number of hydrogen-bond acceptors (Lipinski definition) is 3. The Bertz CT molecular complexity index is 962. The Morgan fingerprint density at radius 2 is 1.74 bits per heavy atom. The minimum absolute atomic E-state index is 0.000410. The number of carbonyl (C=O) groups excluding carboxylic acids is 1. The SMILES string of the molecule is COc1ccc2c(c1)C(C(=O)O)=C(C(F)(F)F)C2C(=O)c1ccc(Cl)cc1. The molecular formula is C19H12ClF3O4. The maximum atomic E-state index is 13.8. The largest absolute Gasteiger partial charge is 0.497 e. The predicted octanol–water partition coefficient (Wildman–Crippen LogP) is 4.73. The summed E-state index contributed by atoms with van der Waals surface area (Å²) >= 11 is 5.76. The summed E-state index contributed by atoms with van der Waals surface area (Å²) in [5.74, 6) is -4.21. The molecule has 0 aliphatic heterocycles. The Balaban J connectivity index is 2.26. The maximum absolute atomic E-state index is 13.8. The number of rotatable bonds is 4. The summed E-state index contributed by atoms with van der Waals surface area (Å²) in [7, 11) is 1.31. The average Bonchev–Trinajstić information content (AvgIpc) is 2.96. The molecule has 2 aromatic carbocycles. The standard InChI is InChI=1S/C19H12ClF3O4/c1-27-11-6-7-12-13(8-11)15(18(25)26)16(19(21,22)23)14(12)17(24)9-2-4-10(20)5-3-9/h2-8,14H,1H3,(H,25,26). The highest BCUT2D eigenvalue weighted by molar-refractivity contribution is 6.30. The number of alkyl halides is 3. The van der Waals surface area contributed by atoms with Crippen molar-refractivity contribution in [1.29, 1.82) is 0 Å². The van der Waals surface area contributed by atoms with Gasteiger partial charge in [-0.15, -0.1) is 0 Å². The molecule has 2 aromatic rings. The molecule has 1 N–H and O–H groups in total. The Hall–Kier alpha value is -2.80. The van der Waals surface area contributed by atoms with E-state index in [0.29, 0.717) is 5.02 Å². The molecule has 140 valence electrons. The second-order valence-corrected chi connectivity index (χ2v) is 6.29. The summed E-state index contributed by atoms with van der Waals surface area (Å²) < 4.78 is 46.3. The molecule has 0 spiro atoms. The van der Waals surface area contributed by atoms with Crippen molar-refractivity contribution in [1.82, 2.24) is 0 Å². The van der Waals surface area contributed by atoms with Crippen molar-refractivity contribution in [2.45, 2.75) is 12.1 Å². The number of carbonyl (C=O) groups is 2. The zero-order valence-corrected chi connectivity index (χ0v) is 14.6. The van der Waals surface area contributed by atoms with Gasteiger partial charge in [-0.05, 0) is 47.5 Å². The van der Waals surface area contributed by atoms with E-state index in [4.69, 9.17) is 16.3 Å². The molecule has 1 aliphatic carbocycles. The van der Waals surface area contributed by atoms with E-state index >= 15 is 0 Å². The molecule has 0 bridgehead atoms. The number of methoxy groups -OCH3 is 1. The molecule has 0 amide bonds. The van der Waals surface area contributed by atoms with Gasteiger partial charge in [0.2, 0.25) is 0 Å². The fraction of sp³-hybridized carbons (Fsp3) is 0.158. The zero-order chi connectivity index (χ0) is 19.9. The van der Waals surface area contributed by atoms with Crippen molar-refractivity contribution in [3.8, 4) is 5.75 Å². The molecule has 0 aromatic heterocycles. The fourth-order valence-electron chi connectivity index (χ4n) is 3.16. The second kappa shape index (κ2) is 6.74. The van der Waals surface area contributed by atoms with Crippen LogP contribution in [-0.4, -0.2) is 30.1 Å². The van der Waals surface area contributed by atoms with Gasteiger partial charge in [0.05, 0.1) is 24.2 Å². The Morgan fingerprint density at radius 3 is 2.26 bits per heavy atom. The van der Waals surface area contributed by atoms with Crippen LogP contribution < -0.4 is 4.74 Å². The van der Waals surface area contributed by atoms with Crippen LogP contribution >= 0.6 is 11.6 Å². The number of halogens is 4. The van der Waals surface area contributed by atoms with Gasteiger partial charge < -0.3 is 9.84 Å². The number of carboxylic acids is 1. The lowest BCUT2D eigenvalue weighted by molar-refractivity contribution is -0.131. The van der Waals surface area contributed by atoms with Gasteiger partial charge in [-0.2, -0.15) is 13.2 Å². The van der Waals surface area contributed by atoms with Crippen molar-refractivity contribution in [2.24, 2.45) is 0 Å². The minimum Gasteiger partial charge on any atom is -0.497 e. The molecule has 0 radical (unpaired) electrons. The summed E-state index contributed by atoms with van der Waals surface area (Å²) in [6.07, 6.45) is -5.01. The predicted molar refractivity (Wildman–Crippen MR) is 92.1 cm³/mol. The molecule has 4 nitrogen and oxygen atoms in total. The number of ketones is 1. The van der Waals surface area contributed by atoms with E-state index in [2.05, 4.69) is 0 Å². The van der Waals surface area contributed by atoms with E-state index in [1.54, 1.807) is 0 Å². The quantitative estimate of drug-likeness (QED) is 0.759. The summed E-state index contributed by atoms with van der Waals surface area (Å²) in [5.41, 5.74) is -2.54. The first-order valence-electron chi connectivity index (χ1n) is 7.68. The third-order valence-electron chi connectivity index (χ3n) is 4.31. The van der Waals surface area contributed by atoms with Gasteiger partial charge in [-0.3, -0.25) is 4.79 Å². The highest BCUT2D eigenvalue weighted by atomic mass is 35.5. The Morgan fingerprint density at radius 1 is 1.11 bits per heavy atom. The molecule has 0 saturated heterocycles. The van der Waals surface area contributed by atoms with Gasteiger partial charge in [-0.25, -0.2) is 4.79 Å². The number of carboxylic acid groups (broad SMARTS) is 1. The number of allylic oxidation sites excluding steroid dienone is 1. The van der Waals surface area contributed by atoms with Crippen molar-refractivity contribution in [3.05, 3.63) is 69.8 Å². The highest BCUT2D eigenvalue weighted by Crippen LogP contribution is 2.51. The Labute approximate surface area is 156 Å². The Kier molecular flexibility index (Phi) is 4.73. The topological polar surface area (TPSA) is 63.6 Å². The van der Waals surface area contributed by atoms with Gasteiger partial charge in [0, 0.05) is 10.6 Å². The third kappa shape index (κ3) is 3.30. The summed E-state index contributed by atoms with van der Waals surface area (Å²) in [6, 6.07) is 9.25. The molecule has 27 heavy (non-hydrogen) atoms. The lowest BCUT2D eigenvalue weighted by atomic mass is 9.87. The first kappa shape index (κ1) is 19.0. The number of aliphatic carboxylic acids is 1. The smallest absolute Gasteiger partial charge is 0.414 e. The zero-order valence-electron chi connectivity index (χ0n) is 13.8. The van der Waals surface area contributed by atoms with Crippen LogP contribution in [0.15, 0.2) is 48.0 Å². The summed E-state index contributed by atoms with van der Waals surface area (Å²) in [4.78, 5) is 24.5. The molecule has 0 saturated carbocycles. The first-order valence-corrected chi connectivity index (χ1v) is 8.05. The van der Waals surface area contributed by atoms with Crippen molar-refractivity contribution < 1.29 is 32.6 Å². The number of benzene rings is 2. The van der Waals surface area contributed by atoms with Crippen LogP contribution in [0.2, 0.25) is 5.02 Å². The molecule has 1 atom stereocenters. The molecular weight excluding hydrogens is 385 g/mol. The second-order valence-electron chi connectivity index (χ2n) is 5.85. The van der Waals surface area contributed by atoms with Gasteiger partial charge in [0.15, 0.2) is 5.78 Å². The van der Waals surface area contributed by atoms with Crippen LogP contribution in [0, 0.1) is 0 Å². The fourth-order valence-corrected chi connectivity index (χ4v) is 3.29. The lowest BCUT2D eigenvalue weighted by Crippen LogP contribution is -2.24. The molecule has 0 fully saturated rings. The number of hydrogen-bond donors (Lipinski definition) is 1. The van der Waals surface area contributed by atoms with Crippen molar-refractivity contribution in [3.63, 3.8) is 0 Å².